The number of allylic oxidation sites excluding steroid dienone is 1. The Balaban J connectivity index is 0.000000215. The van der Waals surface area contributed by atoms with Crippen molar-refractivity contribution in [2.75, 3.05) is 14.1 Å². The number of nitrogens with zero attached hydrogens (tertiary/aromatic N) is 3. The second kappa shape index (κ2) is 13.1. The average Bonchev–Trinajstić information content (AvgIpc) is 2.89. The maximum absolute atomic E-state index is 13.0. The van der Waals surface area contributed by atoms with E-state index in [0.717, 1.165) is 48.8 Å². The van der Waals surface area contributed by atoms with E-state index < -0.39 is 10.8 Å². The minimum Gasteiger partial charge on any atom is -0.383 e. The van der Waals surface area contributed by atoms with E-state index in [4.69, 9.17) is 28.5 Å². The number of hydrogen-bond donors (Lipinski definition) is 0. The Bertz CT molecular complexity index is 1260. The van der Waals surface area contributed by atoms with Crippen LogP contribution < -0.4 is 0 Å². The Kier molecular flexibility index (Phi) is 10.1. The number of ketones is 2. The zero-order chi connectivity index (χ0) is 27.8. The molecule has 2 aromatic rings. The summed E-state index contributed by atoms with van der Waals surface area (Å²) >= 11 is 11.8. The van der Waals surface area contributed by atoms with Crippen LogP contribution in [0.15, 0.2) is 60.3 Å². The van der Waals surface area contributed by atoms with Gasteiger partial charge in [-0.05, 0) is 67.5 Å². The largest absolute Gasteiger partial charge is 0.383 e. The van der Waals surface area contributed by atoms with Crippen molar-refractivity contribution in [1.29, 1.82) is 10.5 Å². The summed E-state index contributed by atoms with van der Waals surface area (Å²) in [7, 11) is 3.81. The highest BCUT2D eigenvalue weighted by atomic mass is 35.5. The Morgan fingerprint density at radius 1 is 0.789 bits per heavy atom. The third-order valence-electron chi connectivity index (χ3n) is 7.54. The van der Waals surface area contributed by atoms with Crippen molar-refractivity contribution >= 4 is 34.8 Å². The zero-order valence-electron chi connectivity index (χ0n) is 22.0. The molecule has 2 unspecified atom stereocenters. The molecule has 0 amide bonds. The molecule has 2 aliphatic rings. The van der Waals surface area contributed by atoms with Crippen LogP contribution in [0.4, 0.5) is 0 Å². The summed E-state index contributed by atoms with van der Waals surface area (Å²) < 4.78 is 0. The van der Waals surface area contributed by atoms with Crippen LogP contribution in [-0.4, -0.2) is 30.6 Å². The topological polar surface area (TPSA) is 85.0 Å². The lowest BCUT2D eigenvalue weighted by atomic mass is 9.65. The molecule has 2 saturated carbocycles. The Morgan fingerprint density at radius 3 is 1.79 bits per heavy atom. The summed E-state index contributed by atoms with van der Waals surface area (Å²) in [5.41, 5.74) is 1.32. The van der Waals surface area contributed by atoms with E-state index in [0.29, 0.717) is 22.9 Å². The third-order valence-corrected chi connectivity index (χ3v) is 8.04. The van der Waals surface area contributed by atoms with Crippen LogP contribution in [0.25, 0.3) is 0 Å². The van der Waals surface area contributed by atoms with Gasteiger partial charge in [0.15, 0.2) is 5.78 Å². The van der Waals surface area contributed by atoms with Crippen molar-refractivity contribution in [3.63, 3.8) is 0 Å². The number of carbonyl (C=O) groups is 2. The first-order valence-electron chi connectivity index (χ1n) is 12.9. The minimum atomic E-state index is -0.723. The standard InChI is InChI=1S/C17H19ClN2O.C14H14ClNO/c1-20(2)12-13-4-3-9-17(10-11-19,16(13)21)14-5-7-15(18)8-6-14;15-12-6-4-11(5-7-12)14(9-10-16)8-2-1-3-13(14)17/h5-8,12H,3-4,9-10H2,1-2H3;4-7H,1-3,8-9H2. The predicted octanol–water partition coefficient (Wildman–Crippen LogP) is 7.32. The van der Waals surface area contributed by atoms with Gasteiger partial charge in [-0.25, -0.2) is 0 Å². The van der Waals surface area contributed by atoms with Gasteiger partial charge < -0.3 is 4.90 Å². The second-order valence-corrected chi connectivity index (χ2v) is 11.2. The molecule has 0 N–H and O–H groups in total. The van der Waals surface area contributed by atoms with Crippen LogP contribution >= 0.6 is 23.2 Å². The van der Waals surface area contributed by atoms with Gasteiger partial charge in [-0.1, -0.05) is 53.9 Å². The van der Waals surface area contributed by atoms with Crippen molar-refractivity contribution in [1.82, 2.24) is 4.90 Å². The van der Waals surface area contributed by atoms with Crippen LogP contribution in [0.1, 0.15) is 68.9 Å². The Labute approximate surface area is 235 Å². The SMILES string of the molecule is CN(C)C=C1CCCC(CC#N)(c2ccc(Cl)cc2)C1=O.N#CCC1(c2ccc(Cl)cc2)CCCCC1=O. The van der Waals surface area contributed by atoms with Crippen LogP contribution in [-0.2, 0) is 20.4 Å². The summed E-state index contributed by atoms with van der Waals surface area (Å²) in [6.07, 6.45) is 8.08. The van der Waals surface area contributed by atoms with E-state index in [1.54, 1.807) is 24.3 Å². The highest BCUT2D eigenvalue weighted by molar-refractivity contribution is 6.30. The van der Waals surface area contributed by atoms with Gasteiger partial charge in [0.2, 0.25) is 0 Å². The summed E-state index contributed by atoms with van der Waals surface area (Å²) in [4.78, 5) is 27.1. The van der Waals surface area contributed by atoms with Crippen LogP contribution in [0.3, 0.4) is 0 Å². The molecule has 2 fully saturated rings. The number of rotatable bonds is 5. The number of carbonyl (C=O) groups excluding carboxylic acids is 2. The summed E-state index contributed by atoms with van der Waals surface area (Å²) in [5.74, 6) is 0.277. The van der Waals surface area contributed by atoms with Crippen molar-refractivity contribution < 1.29 is 9.59 Å². The first-order chi connectivity index (χ1) is 18.2. The molecule has 2 aromatic carbocycles. The van der Waals surface area contributed by atoms with Crippen molar-refractivity contribution in [2.45, 2.75) is 68.6 Å². The summed E-state index contributed by atoms with van der Waals surface area (Å²) in [6.45, 7) is 0. The van der Waals surface area contributed by atoms with Crippen LogP contribution in [0.5, 0.6) is 0 Å². The molecular formula is C31H33Cl2N3O2. The lowest BCUT2D eigenvalue weighted by Gasteiger charge is -2.36. The normalized spacial score (nSPS) is 24.1. The molecule has 4 rings (SSSR count). The Morgan fingerprint density at radius 2 is 1.29 bits per heavy atom. The molecule has 0 heterocycles. The van der Waals surface area contributed by atoms with Crippen molar-refractivity contribution in [2.24, 2.45) is 0 Å². The second-order valence-electron chi connectivity index (χ2n) is 10.3. The maximum atomic E-state index is 13.0. The number of Topliss-reactive ketones (excluding diaryl/α,β-unsaturated/α-hetero) is 2. The fourth-order valence-electron chi connectivity index (χ4n) is 5.59. The molecule has 0 saturated heterocycles. The van der Waals surface area contributed by atoms with Gasteiger partial charge in [0.05, 0.1) is 35.8 Å². The molecule has 38 heavy (non-hydrogen) atoms. The monoisotopic (exact) mass is 549 g/mol. The van der Waals surface area contributed by atoms with Gasteiger partial charge in [-0.15, -0.1) is 0 Å². The van der Waals surface area contributed by atoms with E-state index in [-0.39, 0.29) is 24.4 Å². The van der Waals surface area contributed by atoms with Crippen molar-refractivity contribution in [3.8, 4) is 12.1 Å². The fourth-order valence-corrected chi connectivity index (χ4v) is 5.84. The number of nitriles is 2. The number of halogens is 2. The van der Waals surface area contributed by atoms with E-state index in [2.05, 4.69) is 12.1 Å². The van der Waals surface area contributed by atoms with Gasteiger partial charge in [-0.3, -0.25) is 9.59 Å². The highest BCUT2D eigenvalue weighted by Crippen LogP contribution is 2.42. The molecule has 2 atom stereocenters. The van der Waals surface area contributed by atoms with E-state index in [1.165, 1.54) is 0 Å². The predicted molar refractivity (Wildman–Crippen MR) is 151 cm³/mol. The molecule has 0 radical (unpaired) electrons. The van der Waals surface area contributed by atoms with Gasteiger partial charge in [0.1, 0.15) is 5.78 Å². The van der Waals surface area contributed by atoms with Crippen LogP contribution in [0, 0.1) is 22.7 Å². The van der Waals surface area contributed by atoms with Gasteiger partial charge in [0, 0.05) is 42.3 Å². The quantitative estimate of drug-likeness (QED) is 0.364. The van der Waals surface area contributed by atoms with E-state index in [1.807, 2.05) is 49.5 Å². The number of benzene rings is 2. The third kappa shape index (κ3) is 6.47. The van der Waals surface area contributed by atoms with E-state index in [9.17, 15) is 14.9 Å². The summed E-state index contributed by atoms with van der Waals surface area (Å²) in [5, 5.41) is 19.5. The molecule has 0 spiro atoms. The minimum absolute atomic E-state index is 0.0753. The lowest BCUT2D eigenvalue weighted by Crippen LogP contribution is -2.40. The number of hydrogen-bond acceptors (Lipinski definition) is 5. The molecule has 7 heteroatoms. The lowest BCUT2D eigenvalue weighted by molar-refractivity contribution is -0.126. The molecular weight excluding hydrogens is 517 g/mol. The molecule has 0 aliphatic heterocycles. The van der Waals surface area contributed by atoms with Crippen LogP contribution in [0.2, 0.25) is 10.0 Å². The van der Waals surface area contributed by atoms with Gasteiger partial charge in [-0.2, -0.15) is 10.5 Å². The first-order valence-corrected chi connectivity index (χ1v) is 13.7. The van der Waals surface area contributed by atoms with Crippen molar-refractivity contribution in [3.05, 3.63) is 81.5 Å². The highest BCUT2D eigenvalue weighted by Gasteiger charge is 2.44. The molecule has 2 aliphatic carbocycles. The molecule has 198 valence electrons. The first kappa shape index (κ1) is 29.4. The Hall–Kier alpha value is -3.12. The van der Waals surface area contributed by atoms with E-state index >= 15 is 0 Å². The fraction of sp³-hybridized carbons (Fsp3) is 0.419. The average molecular weight is 551 g/mol. The smallest absolute Gasteiger partial charge is 0.171 e. The van der Waals surface area contributed by atoms with Gasteiger partial charge >= 0.3 is 0 Å². The molecule has 0 aromatic heterocycles. The summed E-state index contributed by atoms with van der Waals surface area (Å²) in [6, 6.07) is 19.0. The van der Waals surface area contributed by atoms with Gasteiger partial charge in [0.25, 0.3) is 0 Å². The molecule has 5 nitrogen and oxygen atoms in total. The zero-order valence-corrected chi connectivity index (χ0v) is 23.5. The molecule has 0 bridgehead atoms. The maximum Gasteiger partial charge on any atom is 0.171 e.